The second kappa shape index (κ2) is 11.1. The van der Waals surface area contributed by atoms with Crippen molar-refractivity contribution >= 4 is 34.3 Å². The van der Waals surface area contributed by atoms with Gasteiger partial charge in [0.15, 0.2) is 5.82 Å². The summed E-state index contributed by atoms with van der Waals surface area (Å²) in [6.07, 6.45) is 4.08. The molecule has 0 spiro atoms. The van der Waals surface area contributed by atoms with Crippen LogP contribution in [0.2, 0.25) is 0 Å². The SMILES string of the molecule is Cc1nnc2c(NCCCCCC(=O)CC(C)C)nc3cc(OC(=O)c4ccccc4)ccc3n12. The fraction of sp³-hybridized carbons (Fsp3) is 0.370. The van der Waals surface area contributed by atoms with Crippen LogP contribution in [-0.4, -0.2) is 37.9 Å². The minimum Gasteiger partial charge on any atom is -0.423 e. The van der Waals surface area contributed by atoms with Crippen LogP contribution in [0.5, 0.6) is 5.75 Å². The van der Waals surface area contributed by atoms with Gasteiger partial charge in [-0.15, -0.1) is 10.2 Å². The highest BCUT2D eigenvalue weighted by Crippen LogP contribution is 2.25. The third-order valence-corrected chi connectivity index (χ3v) is 5.74. The predicted octanol–water partition coefficient (Wildman–Crippen LogP) is 5.39. The van der Waals surface area contributed by atoms with Gasteiger partial charge in [0, 0.05) is 25.5 Å². The molecule has 2 heterocycles. The van der Waals surface area contributed by atoms with Gasteiger partial charge in [-0.1, -0.05) is 38.5 Å². The fourth-order valence-corrected chi connectivity index (χ4v) is 4.07. The zero-order valence-electron chi connectivity index (χ0n) is 20.5. The van der Waals surface area contributed by atoms with Crippen LogP contribution in [0.4, 0.5) is 5.82 Å². The molecule has 0 saturated carbocycles. The molecule has 0 radical (unpaired) electrons. The average Bonchev–Trinajstić information content (AvgIpc) is 3.23. The lowest BCUT2D eigenvalue weighted by atomic mass is 10.0. The second-order valence-corrected chi connectivity index (χ2v) is 9.15. The highest BCUT2D eigenvalue weighted by Gasteiger charge is 2.15. The van der Waals surface area contributed by atoms with Crippen molar-refractivity contribution in [1.82, 2.24) is 19.6 Å². The molecule has 0 saturated heterocycles. The van der Waals surface area contributed by atoms with Crippen LogP contribution >= 0.6 is 0 Å². The number of hydrogen-bond acceptors (Lipinski definition) is 7. The Morgan fingerprint density at radius 2 is 1.83 bits per heavy atom. The van der Waals surface area contributed by atoms with E-state index in [1.54, 1.807) is 36.4 Å². The number of unbranched alkanes of at least 4 members (excludes halogenated alkanes) is 2. The average molecular weight is 474 g/mol. The molecule has 8 heteroatoms. The Labute approximate surface area is 204 Å². The predicted molar refractivity (Wildman–Crippen MR) is 136 cm³/mol. The molecule has 35 heavy (non-hydrogen) atoms. The Morgan fingerprint density at radius 1 is 1.03 bits per heavy atom. The van der Waals surface area contributed by atoms with Gasteiger partial charge in [0.2, 0.25) is 5.65 Å². The van der Waals surface area contributed by atoms with Crippen molar-refractivity contribution in [1.29, 1.82) is 0 Å². The van der Waals surface area contributed by atoms with E-state index in [0.29, 0.717) is 59.4 Å². The number of benzene rings is 2. The number of esters is 1. The van der Waals surface area contributed by atoms with Crippen molar-refractivity contribution in [3.05, 3.63) is 59.9 Å². The molecule has 182 valence electrons. The van der Waals surface area contributed by atoms with E-state index in [-0.39, 0.29) is 0 Å². The highest BCUT2D eigenvalue weighted by atomic mass is 16.5. The number of carbonyl (C=O) groups excluding carboxylic acids is 2. The van der Waals surface area contributed by atoms with Gasteiger partial charge in [-0.25, -0.2) is 9.78 Å². The maximum atomic E-state index is 12.5. The number of ketones is 1. The summed E-state index contributed by atoms with van der Waals surface area (Å²) in [6.45, 7) is 6.74. The third-order valence-electron chi connectivity index (χ3n) is 5.74. The number of Topliss-reactive ketones (excluding diaryl/α,β-unsaturated/α-hetero) is 1. The van der Waals surface area contributed by atoms with Gasteiger partial charge in [-0.2, -0.15) is 0 Å². The van der Waals surface area contributed by atoms with Gasteiger partial charge < -0.3 is 10.1 Å². The smallest absolute Gasteiger partial charge is 0.343 e. The molecule has 0 aliphatic carbocycles. The van der Waals surface area contributed by atoms with Crippen LogP contribution < -0.4 is 10.1 Å². The molecule has 8 nitrogen and oxygen atoms in total. The lowest BCUT2D eigenvalue weighted by molar-refractivity contribution is -0.119. The summed E-state index contributed by atoms with van der Waals surface area (Å²) in [5.74, 6) is 2.12. The Balaban J connectivity index is 1.46. The van der Waals surface area contributed by atoms with E-state index in [1.807, 2.05) is 23.5 Å². The first kappa shape index (κ1) is 24.3. The summed E-state index contributed by atoms with van der Waals surface area (Å²) in [7, 11) is 0. The molecule has 4 rings (SSSR count). The molecular weight excluding hydrogens is 442 g/mol. The quantitative estimate of drug-likeness (QED) is 0.177. The summed E-state index contributed by atoms with van der Waals surface area (Å²) < 4.78 is 7.52. The normalized spacial score (nSPS) is 11.3. The molecule has 0 bridgehead atoms. The molecule has 0 atom stereocenters. The minimum absolute atomic E-state index is 0.341. The monoisotopic (exact) mass is 473 g/mol. The van der Waals surface area contributed by atoms with Crippen molar-refractivity contribution in [2.24, 2.45) is 5.92 Å². The van der Waals surface area contributed by atoms with E-state index in [2.05, 4.69) is 29.4 Å². The number of nitrogens with zero attached hydrogens (tertiary/aromatic N) is 4. The second-order valence-electron chi connectivity index (χ2n) is 9.15. The van der Waals surface area contributed by atoms with Crippen molar-refractivity contribution in [3.63, 3.8) is 0 Å². The first-order chi connectivity index (χ1) is 16.9. The number of aromatic nitrogens is 4. The molecule has 0 aliphatic heterocycles. The van der Waals surface area contributed by atoms with Crippen LogP contribution in [0.3, 0.4) is 0 Å². The standard InChI is InChI=1S/C27H31N5O3/c1-18(2)16-21(33)12-8-5-9-15-28-25-26-31-30-19(3)32(26)24-14-13-22(17-23(24)29-25)35-27(34)20-10-6-4-7-11-20/h4,6-7,10-11,13-14,17-18H,5,8-9,12,15-16H2,1-3H3,(H,28,29). The van der Waals surface area contributed by atoms with E-state index < -0.39 is 5.97 Å². The first-order valence-electron chi connectivity index (χ1n) is 12.1. The minimum atomic E-state index is -0.420. The topological polar surface area (TPSA) is 98.5 Å². The largest absolute Gasteiger partial charge is 0.423 e. The summed E-state index contributed by atoms with van der Waals surface area (Å²) in [5, 5.41) is 11.9. The molecule has 2 aromatic heterocycles. The highest BCUT2D eigenvalue weighted by molar-refractivity contribution is 5.92. The number of anilines is 1. The zero-order valence-corrected chi connectivity index (χ0v) is 20.5. The van der Waals surface area contributed by atoms with Crippen molar-refractivity contribution in [2.45, 2.75) is 52.9 Å². The molecule has 0 fully saturated rings. The maximum Gasteiger partial charge on any atom is 0.343 e. The lowest BCUT2D eigenvalue weighted by Crippen LogP contribution is -2.09. The summed E-state index contributed by atoms with van der Waals surface area (Å²) in [4.78, 5) is 29.1. The molecule has 0 aliphatic rings. The van der Waals surface area contributed by atoms with Gasteiger partial charge >= 0.3 is 5.97 Å². The van der Waals surface area contributed by atoms with E-state index in [0.717, 1.165) is 30.6 Å². The van der Waals surface area contributed by atoms with Crippen LogP contribution in [0.1, 0.15) is 62.1 Å². The van der Waals surface area contributed by atoms with Crippen LogP contribution in [0.15, 0.2) is 48.5 Å². The van der Waals surface area contributed by atoms with Crippen LogP contribution in [-0.2, 0) is 4.79 Å². The molecule has 0 amide bonds. The number of ether oxygens (including phenoxy) is 1. The first-order valence-corrected chi connectivity index (χ1v) is 12.1. The molecule has 0 unspecified atom stereocenters. The third kappa shape index (κ3) is 6.01. The van der Waals surface area contributed by atoms with Crippen LogP contribution in [0, 0.1) is 12.8 Å². The number of aryl methyl sites for hydroxylation is 1. The maximum absolute atomic E-state index is 12.5. The van der Waals surface area contributed by atoms with Crippen molar-refractivity contribution < 1.29 is 14.3 Å². The molecule has 2 aromatic carbocycles. The lowest BCUT2D eigenvalue weighted by Gasteiger charge is -2.11. The summed E-state index contributed by atoms with van der Waals surface area (Å²) in [5.41, 5.74) is 2.63. The number of carbonyl (C=O) groups is 2. The Bertz CT molecular complexity index is 1330. The van der Waals surface area contributed by atoms with E-state index in [9.17, 15) is 9.59 Å². The number of fused-ring (bicyclic) bond motifs is 3. The van der Waals surface area contributed by atoms with E-state index >= 15 is 0 Å². The number of nitrogens with one attached hydrogen (secondary N) is 1. The fourth-order valence-electron chi connectivity index (χ4n) is 4.07. The van der Waals surface area contributed by atoms with Gasteiger partial charge in [0.1, 0.15) is 17.4 Å². The van der Waals surface area contributed by atoms with Gasteiger partial charge in [0.05, 0.1) is 16.6 Å². The molecule has 4 aromatic rings. The number of hydrogen-bond donors (Lipinski definition) is 1. The van der Waals surface area contributed by atoms with Gasteiger partial charge in [-0.05, 0) is 49.9 Å². The van der Waals surface area contributed by atoms with Gasteiger partial charge in [-0.3, -0.25) is 9.20 Å². The molecule has 1 N–H and O–H groups in total. The number of rotatable bonds is 11. The summed E-state index contributed by atoms with van der Waals surface area (Å²) >= 11 is 0. The van der Waals surface area contributed by atoms with Crippen molar-refractivity contribution in [2.75, 3.05) is 11.9 Å². The summed E-state index contributed by atoms with van der Waals surface area (Å²) in [6, 6.07) is 14.2. The zero-order chi connectivity index (χ0) is 24.8. The Morgan fingerprint density at radius 3 is 2.60 bits per heavy atom. The van der Waals surface area contributed by atoms with Crippen molar-refractivity contribution in [3.8, 4) is 5.75 Å². The van der Waals surface area contributed by atoms with E-state index in [4.69, 9.17) is 9.72 Å². The van der Waals surface area contributed by atoms with E-state index in [1.165, 1.54) is 0 Å². The Hall–Kier alpha value is -3.81. The van der Waals surface area contributed by atoms with Crippen LogP contribution in [0.25, 0.3) is 16.7 Å². The van der Waals surface area contributed by atoms with Gasteiger partial charge in [0.25, 0.3) is 0 Å². The molecular formula is C27H31N5O3. The Kier molecular flexibility index (Phi) is 7.70.